The van der Waals surface area contributed by atoms with E-state index in [0.29, 0.717) is 18.7 Å². The molecule has 0 spiro atoms. The average molecular weight is 511 g/mol. The van der Waals surface area contributed by atoms with E-state index in [9.17, 15) is 9.59 Å². The van der Waals surface area contributed by atoms with Gasteiger partial charge < -0.3 is 15.4 Å². The van der Waals surface area contributed by atoms with Crippen molar-refractivity contribution >= 4 is 11.8 Å². The highest BCUT2D eigenvalue weighted by Crippen LogP contribution is 2.27. The molecule has 0 aliphatic carbocycles. The van der Waals surface area contributed by atoms with Gasteiger partial charge in [0.1, 0.15) is 5.75 Å². The van der Waals surface area contributed by atoms with Crippen molar-refractivity contribution in [3.8, 4) is 17.0 Å². The lowest BCUT2D eigenvalue weighted by Crippen LogP contribution is -2.34. The Morgan fingerprint density at radius 1 is 0.947 bits per heavy atom. The van der Waals surface area contributed by atoms with Crippen LogP contribution in [0.4, 0.5) is 0 Å². The minimum absolute atomic E-state index is 0.0678. The molecule has 0 fully saturated rings. The van der Waals surface area contributed by atoms with E-state index in [1.165, 1.54) is 0 Å². The van der Waals surface area contributed by atoms with Gasteiger partial charge in [0.25, 0.3) is 5.91 Å². The number of hydrogen-bond donors (Lipinski definition) is 1. The van der Waals surface area contributed by atoms with Crippen LogP contribution in [-0.2, 0) is 17.9 Å². The molecular formula is C31H34N4O3. The molecule has 38 heavy (non-hydrogen) atoms. The second kappa shape index (κ2) is 12.2. The Kier molecular flexibility index (Phi) is 8.58. The summed E-state index contributed by atoms with van der Waals surface area (Å²) in [5, 5.41) is 4.62. The van der Waals surface area contributed by atoms with Gasteiger partial charge in [0, 0.05) is 25.1 Å². The number of ether oxygens (including phenoxy) is 1. The van der Waals surface area contributed by atoms with Crippen LogP contribution in [0.2, 0.25) is 0 Å². The molecule has 0 unspecified atom stereocenters. The van der Waals surface area contributed by atoms with Crippen LogP contribution in [0.5, 0.6) is 5.75 Å². The zero-order chi connectivity index (χ0) is 27.1. The molecule has 0 aliphatic rings. The maximum absolute atomic E-state index is 14.0. The zero-order valence-corrected chi connectivity index (χ0v) is 22.1. The predicted molar refractivity (Wildman–Crippen MR) is 149 cm³/mol. The van der Waals surface area contributed by atoms with Crippen LogP contribution in [0.25, 0.3) is 11.3 Å². The lowest BCUT2D eigenvalue weighted by Gasteiger charge is -2.23. The number of primary amides is 1. The lowest BCUT2D eigenvalue weighted by molar-refractivity contribution is -0.118. The van der Waals surface area contributed by atoms with Gasteiger partial charge in [-0.1, -0.05) is 72.3 Å². The SMILES string of the molecule is Cc1ccc(-c2c(C(=O)N(CCC(N)=O)Cc3ccc(OC(C)C)cc3)cnn2Cc2ccccc2)cc1. The molecular weight excluding hydrogens is 476 g/mol. The average Bonchev–Trinajstić information content (AvgIpc) is 3.31. The van der Waals surface area contributed by atoms with E-state index in [1.54, 1.807) is 11.1 Å². The summed E-state index contributed by atoms with van der Waals surface area (Å²) in [6.07, 6.45) is 1.76. The van der Waals surface area contributed by atoms with Crippen molar-refractivity contribution in [2.75, 3.05) is 6.54 Å². The first-order valence-corrected chi connectivity index (χ1v) is 12.8. The van der Waals surface area contributed by atoms with Crippen molar-refractivity contribution in [2.24, 2.45) is 5.73 Å². The summed E-state index contributed by atoms with van der Waals surface area (Å²) in [5.41, 5.74) is 10.7. The summed E-state index contributed by atoms with van der Waals surface area (Å²) in [6, 6.07) is 25.7. The number of aryl methyl sites for hydroxylation is 1. The number of rotatable bonds is 11. The normalized spacial score (nSPS) is 10.9. The van der Waals surface area contributed by atoms with Gasteiger partial charge in [0.15, 0.2) is 0 Å². The molecule has 1 heterocycles. The highest BCUT2D eigenvalue weighted by molar-refractivity contribution is 6.00. The van der Waals surface area contributed by atoms with Crippen LogP contribution in [0.3, 0.4) is 0 Å². The van der Waals surface area contributed by atoms with Gasteiger partial charge in [-0.3, -0.25) is 14.3 Å². The fourth-order valence-electron chi connectivity index (χ4n) is 4.27. The molecule has 0 bridgehead atoms. The first-order valence-electron chi connectivity index (χ1n) is 12.8. The fourth-order valence-corrected chi connectivity index (χ4v) is 4.27. The number of hydrogen-bond acceptors (Lipinski definition) is 4. The van der Waals surface area contributed by atoms with Crippen molar-refractivity contribution in [1.82, 2.24) is 14.7 Å². The minimum atomic E-state index is -0.456. The Bertz CT molecular complexity index is 1360. The third-order valence-corrected chi connectivity index (χ3v) is 6.15. The molecule has 3 aromatic carbocycles. The number of nitrogens with two attached hydrogens (primary N) is 1. The molecule has 4 rings (SSSR count). The minimum Gasteiger partial charge on any atom is -0.491 e. The quantitative estimate of drug-likeness (QED) is 0.300. The summed E-state index contributed by atoms with van der Waals surface area (Å²) < 4.78 is 7.60. The van der Waals surface area contributed by atoms with Crippen molar-refractivity contribution < 1.29 is 14.3 Å². The largest absolute Gasteiger partial charge is 0.491 e. The van der Waals surface area contributed by atoms with Gasteiger partial charge in [-0.2, -0.15) is 5.10 Å². The van der Waals surface area contributed by atoms with E-state index in [1.807, 2.05) is 104 Å². The van der Waals surface area contributed by atoms with Crippen molar-refractivity contribution in [3.63, 3.8) is 0 Å². The molecule has 0 saturated heterocycles. The van der Waals surface area contributed by atoms with Crippen LogP contribution < -0.4 is 10.5 Å². The first kappa shape index (κ1) is 26.7. The van der Waals surface area contributed by atoms with Crippen LogP contribution >= 0.6 is 0 Å². The van der Waals surface area contributed by atoms with Crippen molar-refractivity contribution in [2.45, 2.75) is 46.4 Å². The number of amides is 2. The maximum atomic E-state index is 14.0. The van der Waals surface area contributed by atoms with Crippen LogP contribution in [0.15, 0.2) is 85.1 Å². The van der Waals surface area contributed by atoms with E-state index < -0.39 is 5.91 Å². The zero-order valence-electron chi connectivity index (χ0n) is 22.1. The van der Waals surface area contributed by atoms with Gasteiger partial charge >= 0.3 is 0 Å². The summed E-state index contributed by atoms with van der Waals surface area (Å²) in [5.74, 6) is 0.105. The first-order chi connectivity index (χ1) is 18.3. The van der Waals surface area contributed by atoms with E-state index in [2.05, 4.69) is 5.10 Å². The van der Waals surface area contributed by atoms with Gasteiger partial charge in [0.2, 0.25) is 5.91 Å². The maximum Gasteiger partial charge on any atom is 0.258 e. The standard InChI is InChI=1S/C31H34N4O3/c1-22(2)38-27-15-11-25(12-16-27)20-34(18-17-29(32)36)31(37)28-19-33-35(21-24-7-5-4-6-8-24)30(28)26-13-9-23(3)10-14-26/h4-16,19,22H,17-18,20-21H2,1-3H3,(H2,32,36). The Labute approximate surface area is 223 Å². The number of carbonyl (C=O) groups is 2. The number of aromatic nitrogens is 2. The fraction of sp³-hybridized carbons (Fsp3) is 0.258. The molecule has 0 saturated carbocycles. The third-order valence-electron chi connectivity index (χ3n) is 6.15. The van der Waals surface area contributed by atoms with Gasteiger partial charge in [0.05, 0.1) is 30.1 Å². The summed E-state index contributed by atoms with van der Waals surface area (Å²) in [4.78, 5) is 27.3. The molecule has 0 radical (unpaired) electrons. The predicted octanol–water partition coefficient (Wildman–Crippen LogP) is 5.21. The van der Waals surface area contributed by atoms with E-state index in [4.69, 9.17) is 10.5 Å². The summed E-state index contributed by atoms with van der Waals surface area (Å²) in [7, 11) is 0. The molecule has 1 aromatic heterocycles. The van der Waals surface area contributed by atoms with E-state index in [-0.39, 0.29) is 25.0 Å². The van der Waals surface area contributed by atoms with Gasteiger partial charge in [-0.25, -0.2) is 0 Å². The molecule has 0 atom stereocenters. The number of benzene rings is 3. The Hall–Kier alpha value is -4.39. The number of carbonyl (C=O) groups excluding carboxylic acids is 2. The summed E-state index contributed by atoms with van der Waals surface area (Å²) >= 11 is 0. The number of nitrogens with zero attached hydrogens (tertiary/aromatic N) is 3. The lowest BCUT2D eigenvalue weighted by atomic mass is 10.0. The molecule has 0 aliphatic heterocycles. The van der Waals surface area contributed by atoms with E-state index in [0.717, 1.165) is 33.7 Å². The molecule has 2 N–H and O–H groups in total. The Balaban J connectivity index is 1.68. The van der Waals surface area contributed by atoms with Crippen LogP contribution in [0.1, 0.15) is 47.3 Å². The molecule has 4 aromatic rings. The second-order valence-corrected chi connectivity index (χ2v) is 9.67. The Morgan fingerprint density at radius 3 is 2.26 bits per heavy atom. The van der Waals surface area contributed by atoms with Crippen molar-refractivity contribution in [1.29, 1.82) is 0 Å². The summed E-state index contributed by atoms with van der Waals surface area (Å²) in [6.45, 7) is 7.03. The van der Waals surface area contributed by atoms with Gasteiger partial charge in [-0.15, -0.1) is 0 Å². The van der Waals surface area contributed by atoms with Crippen LogP contribution in [0, 0.1) is 6.92 Å². The monoisotopic (exact) mass is 510 g/mol. The molecule has 7 nitrogen and oxygen atoms in total. The molecule has 196 valence electrons. The molecule has 2 amide bonds. The third kappa shape index (κ3) is 6.88. The highest BCUT2D eigenvalue weighted by atomic mass is 16.5. The Morgan fingerprint density at radius 2 is 1.63 bits per heavy atom. The second-order valence-electron chi connectivity index (χ2n) is 9.67. The van der Waals surface area contributed by atoms with E-state index >= 15 is 0 Å². The van der Waals surface area contributed by atoms with Crippen molar-refractivity contribution in [3.05, 3.63) is 107 Å². The van der Waals surface area contributed by atoms with Gasteiger partial charge in [-0.05, 0) is 44.0 Å². The highest BCUT2D eigenvalue weighted by Gasteiger charge is 2.24. The van der Waals surface area contributed by atoms with Crippen LogP contribution in [-0.4, -0.2) is 39.1 Å². The molecule has 7 heteroatoms. The topological polar surface area (TPSA) is 90.4 Å². The smallest absolute Gasteiger partial charge is 0.258 e.